The normalized spacial score (nSPS) is 22.5. The molecular formula is C15H22N2O5. The number of hydrogen-bond acceptors (Lipinski definition) is 5. The van der Waals surface area contributed by atoms with Crippen LogP contribution in [0.1, 0.15) is 56.2 Å². The van der Waals surface area contributed by atoms with Crippen LogP contribution in [0.15, 0.2) is 10.7 Å². The maximum absolute atomic E-state index is 12.1. The summed E-state index contributed by atoms with van der Waals surface area (Å²) in [5.41, 5.74) is -0.430. The molecule has 22 heavy (non-hydrogen) atoms. The third kappa shape index (κ3) is 3.58. The van der Waals surface area contributed by atoms with Gasteiger partial charge in [-0.2, -0.15) is 0 Å². The van der Waals surface area contributed by atoms with Gasteiger partial charge in [-0.1, -0.05) is 12.1 Å². The van der Waals surface area contributed by atoms with Crippen molar-refractivity contribution >= 4 is 12.1 Å². The first kappa shape index (κ1) is 16.3. The lowest BCUT2D eigenvalue weighted by Crippen LogP contribution is -2.44. The number of aromatic nitrogens is 1. The molecule has 1 fully saturated rings. The minimum Gasteiger partial charge on any atom is -0.478 e. The zero-order chi connectivity index (χ0) is 16.5. The van der Waals surface area contributed by atoms with Crippen molar-refractivity contribution in [3.05, 3.63) is 17.5 Å². The fourth-order valence-electron chi connectivity index (χ4n) is 2.70. The summed E-state index contributed by atoms with van der Waals surface area (Å²) in [5, 5.41) is 12.7. The van der Waals surface area contributed by atoms with Crippen LogP contribution in [0.2, 0.25) is 0 Å². The lowest BCUT2D eigenvalue weighted by molar-refractivity contribution is 0.0144. The topological polar surface area (TPSA) is 92.9 Å². The highest BCUT2D eigenvalue weighted by molar-refractivity contribution is 5.88. The summed E-state index contributed by atoms with van der Waals surface area (Å²) in [6.45, 7) is 8.45. The van der Waals surface area contributed by atoms with Crippen LogP contribution in [0.25, 0.3) is 0 Å². The largest absolute Gasteiger partial charge is 0.478 e. The van der Waals surface area contributed by atoms with Gasteiger partial charge in [-0.15, -0.1) is 0 Å². The molecule has 0 radical (unpaired) electrons. The molecule has 2 unspecified atom stereocenters. The third-order valence-electron chi connectivity index (χ3n) is 3.72. The average molecular weight is 310 g/mol. The average Bonchev–Trinajstić information content (AvgIpc) is 2.85. The molecule has 7 heteroatoms. The van der Waals surface area contributed by atoms with E-state index < -0.39 is 11.6 Å². The Balaban J connectivity index is 2.06. The second-order valence-corrected chi connectivity index (χ2v) is 6.71. The van der Waals surface area contributed by atoms with E-state index in [1.807, 2.05) is 27.7 Å². The number of likely N-dealkylation sites (tertiary alicyclic amines) is 1. The van der Waals surface area contributed by atoms with Gasteiger partial charge in [0.15, 0.2) is 5.76 Å². The molecule has 1 amide bonds. The Morgan fingerprint density at radius 2 is 2.14 bits per heavy atom. The number of aromatic carboxylic acids is 1. The van der Waals surface area contributed by atoms with Crippen molar-refractivity contribution < 1.29 is 24.0 Å². The van der Waals surface area contributed by atoms with Gasteiger partial charge in [-0.25, -0.2) is 9.59 Å². The number of ether oxygens (including phenoxy) is 1. The van der Waals surface area contributed by atoms with Gasteiger partial charge < -0.3 is 19.3 Å². The van der Waals surface area contributed by atoms with Gasteiger partial charge in [0.25, 0.3) is 0 Å². The monoisotopic (exact) mass is 310 g/mol. The van der Waals surface area contributed by atoms with E-state index in [1.165, 1.54) is 6.20 Å². The molecular weight excluding hydrogens is 288 g/mol. The van der Waals surface area contributed by atoms with E-state index in [-0.39, 0.29) is 23.5 Å². The van der Waals surface area contributed by atoms with E-state index in [9.17, 15) is 9.59 Å². The van der Waals surface area contributed by atoms with Gasteiger partial charge in [0.2, 0.25) is 0 Å². The van der Waals surface area contributed by atoms with Gasteiger partial charge in [0, 0.05) is 19.0 Å². The molecule has 1 saturated heterocycles. The molecule has 0 saturated carbocycles. The number of carboxylic acids is 1. The number of carbonyl (C=O) groups excluding carboxylic acids is 1. The summed E-state index contributed by atoms with van der Waals surface area (Å²) >= 11 is 0. The fraction of sp³-hybridized carbons (Fsp3) is 0.667. The van der Waals surface area contributed by atoms with Crippen LogP contribution in [0, 0.1) is 5.92 Å². The minimum atomic E-state index is -1.04. The molecule has 2 heterocycles. The van der Waals surface area contributed by atoms with Gasteiger partial charge in [-0.3, -0.25) is 0 Å². The van der Waals surface area contributed by atoms with Crippen LogP contribution in [-0.2, 0) is 4.74 Å². The number of piperidine rings is 1. The van der Waals surface area contributed by atoms with Crippen LogP contribution in [0.3, 0.4) is 0 Å². The molecule has 1 N–H and O–H groups in total. The molecule has 1 aliphatic rings. The highest BCUT2D eigenvalue weighted by atomic mass is 16.6. The summed E-state index contributed by atoms with van der Waals surface area (Å²) in [7, 11) is 0. The van der Waals surface area contributed by atoms with Gasteiger partial charge in [0.1, 0.15) is 11.2 Å². The Kier molecular flexibility index (Phi) is 4.44. The third-order valence-corrected chi connectivity index (χ3v) is 3.72. The van der Waals surface area contributed by atoms with Crippen LogP contribution in [0.5, 0.6) is 0 Å². The van der Waals surface area contributed by atoms with Gasteiger partial charge in [0.05, 0.1) is 6.20 Å². The van der Waals surface area contributed by atoms with Gasteiger partial charge >= 0.3 is 12.1 Å². The Bertz CT molecular complexity index is 561. The van der Waals surface area contributed by atoms with E-state index >= 15 is 0 Å². The molecule has 1 aromatic rings. The molecule has 2 atom stereocenters. The zero-order valence-corrected chi connectivity index (χ0v) is 13.3. The molecule has 7 nitrogen and oxygen atoms in total. The SMILES string of the molecule is CC1CN(C(=O)OC(C)(C)C)CCC1c1oncc1C(=O)O. The lowest BCUT2D eigenvalue weighted by Gasteiger charge is -2.36. The maximum atomic E-state index is 12.1. The van der Waals surface area contributed by atoms with E-state index in [2.05, 4.69) is 5.16 Å². The lowest BCUT2D eigenvalue weighted by atomic mass is 9.84. The van der Waals surface area contributed by atoms with Crippen molar-refractivity contribution in [3.8, 4) is 0 Å². The van der Waals surface area contributed by atoms with Crippen molar-refractivity contribution in [1.82, 2.24) is 10.1 Å². The number of carboxylic acid groups (broad SMARTS) is 1. The van der Waals surface area contributed by atoms with Crippen LogP contribution in [0.4, 0.5) is 4.79 Å². The number of carbonyl (C=O) groups is 2. The highest BCUT2D eigenvalue weighted by Crippen LogP contribution is 2.35. The van der Waals surface area contributed by atoms with Crippen LogP contribution >= 0.6 is 0 Å². The van der Waals surface area contributed by atoms with Crippen molar-refractivity contribution in [3.63, 3.8) is 0 Å². The predicted molar refractivity (Wildman–Crippen MR) is 77.8 cm³/mol. The predicted octanol–water partition coefficient (Wildman–Crippen LogP) is 2.73. The first-order chi connectivity index (χ1) is 10.2. The smallest absolute Gasteiger partial charge is 0.410 e. The zero-order valence-electron chi connectivity index (χ0n) is 13.3. The van der Waals surface area contributed by atoms with Crippen LogP contribution in [-0.4, -0.2) is 45.9 Å². The molecule has 0 bridgehead atoms. The molecule has 1 aromatic heterocycles. The first-order valence-electron chi connectivity index (χ1n) is 7.35. The van der Waals surface area contributed by atoms with Crippen molar-refractivity contribution in [2.45, 2.75) is 45.6 Å². The Morgan fingerprint density at radius 3 is 2.68 bits per heavy atom. The first-order valence-corrected chi connectivity index (χ1v) is 7.35. The molecule has 2 rings (SSSR count). The molecule has 0 aliphatic carbocycles. The van der Waals surface area contributed by atoms with E-state index in [0.717, 1.165) is 0 Å². The molecule has 0 aromatic carbocycles. The number of amides is 1. The van der Waals surface area contributed by atoms with Gasteiger partial charge in [-0.05, 0) is 33.1 Å². The summed E-state index contributed by atoms with van der Waals surface area (Å²) < 4.78 is 10.5. The van der Waals surface area contributed by atoms with E-state index in [1.54, 1.807) is 4.90 Å². The van der Waals surface area contributed by atoms with Crippen LogP contribution < -0.4 is 0 Å². The Hall–Kier alpha value is -2.05. The van der Waals surface area contributed by atoms with Crippen molar-refractivity contribution in [2.75, 3.05) is 13.1 Å². The molecule has 0 spiro atoms. The van der Waals surface area contributed by atoms with Crippen molar-refractivity contribution in [1.29, 1.82) is 0 Å². The number of nitrogens with zero attached hydrogens (tertiary/aromatic N) is 2. The second kappa shape index (κ2) is 5.98. The highest BCUT2D eigenvalue weighted by Gasteiger charge is 2.36. The Morgan fingerprint density at radius 1 is 1.45 bits per heavy atom. The second-order valence-electron chi connectivity index (χ2n) is 6.71. The standard InChI is InChI=1S/C15H22N2O5/c1-9-8-17(14(20)21-15(2,3)4)6-5-10(9)12-11(13(18)19)7-16-22-12/h7,9-10H,5-6,8H2,1-4H3,(H,18,19). The Labute approximate surface area is 129 Å². The summed E-state index contributed by atoms with van der Waals surface area (Å²) in [5.74, 6) is -0.651. The molecule has 122 valence electrons. The fourth-order valence-corrected chi connectivity index (χ4v) is 2.70. The number of rotatable bonds is 2. The maximum Gasteiger partial charge on any atom is 0.410 e. The number of hydrogen-bond donors (Lipinski definition) is 1. The minimum absolute atomic E-state index is 0.0623. The summed E-state index contributed by atoms with van der Waals surface area (Å²) in [6.07, 6.45) is 1.51. The molecule has 1 aliphatic heterocycles. The van der Waals surface area contributed by atoms with E-state index in [0.29, 0.717) is 25.3 Å². The quantitative estimate of drug-likeness (QED) is 0.902. The van der Waals surface area contributed by atoms with Crippen molar-refractivity contribution in [2.24, 2.45) is 5.92 Å². The summed E-state index contributed by atoms with van der Waals surface area (Å²) in [6, 6.07) is 0. The summed E-state index contributed by atoms with van der Waals surface area (Å²) in [4.78, 5) is 24.9. The van der Waals surface area contributed by atoms with E-state index in [4.69, 9.17) is 14.4 Å².